The van der Waals surface area contributed by atoms with E-state index in [1.54, 1.807) is 0 Å². The molecular weight excluding hydrogens is 488 g/mol. The van der Waals surface area contributed by atoms with E-state index >= 15 is 0 Å². The van der Waals surface area contributed by atoms with Gasteiger partial charge in [0.2, 0.25) is 0 Å². The van der Waals surface area contributed by atoms with Crippen molar-refractivity contribution in [3.05, 3.63) is 154 Å². The quantitative estimate of drug-likeness (QED) is 0.217. The summed E-state index contributed by atoms with van der Waals surface area (Å²) in [7, 11) is 0. The number of hydrogen-bond donors (Lipinski definition) is 0. The molecule has 0 aromatic heterocycles. The van der Waals surface area contributed by atoms with Gasteiger partial charge < -0.3 is 0 Å². The van der Waals surface area contributed by atoms with E-state index in [1.807, 2.05) is 0 Å². The molecule has 0 heterocycles. The third kappa shape index (κ3) is 4.55. The van der Waals surface area contributed by atoms with Crippen LogP contribution in [0.15, 0.2) is 109 Å². The first kappa shape index (κ1) is 22.9. The van der Waals surface area contributed by atoms with Crippen molar-refractivity contribution in [2.24, 2.45) is 0 Å². The van der Waals surface area contributed by atoms with Crippen molar-refractivity contribution in [1.29, 1.82) is 0 Å². The van der Waals surface area contributed by atoms with E-state index in [-0.39, 0.29) is 0 Å². The molecule has 0 nitrogen and oxygen atoms in total. The average molecular weight is 515 g/mol. The van der Waals surface area contributed by atoms with Crippen LogP contribution in [0.5, 0.6) is 0 Å². The van der Waals surface area contributed by atoms with Crippen molar-refractivity contribution in [3.8, 4) is 11.1 Å². The Bertz CT molecular complexity index is 1340. The molecule has 0 N–H and O–H groups in total. The average Bonchev–Trinajstić information content (AvgIpc) is 3.55. The summed E-state index contributed by atoms with van der Waals surface area (Å²) in [6.45, 7) is 4.50. The molecule has 2 aliphatic rings. The van der Waals surface area contributed by atoms with Crippen LogP contribution in [0, 0.1) is 19.9 Å². The van der Waals surface area contributed by atoms with E-state index in [1.165, 1.54) is 77.5 Å². The molecule has 0 bridgehead atoms. The second-order valence-corrected chi connectivity index (χ2v) is 10.1. The molecule has 6 rings (SSSR count). The topological polar surface area (TPSA) is 0 Å². The van der Waals surface area contributed by atoms with E-state index in [0.29, 0.717) is 5.92 Å². The van der Waals surface area contributed by atoms with Crippen LogP contribution in [0.3, 0.4) is 0 Å². The Kier molecular flexibility index (Phi) is 6.84. The molecule has 2 aliphatic carbocycles. The summed E-state index contributed by atoms with van der Waals surface area (Å²) in [5, 5.41) is 0. The van der Waals surface area contributed by atoms with Gasteiger partial charge in [-0.2, -0.15) is 11.6 Å². The van der Waals surface area contributed by atoms with Crippen LogP contribution in [0.25, 0.3) is 11.1 Å². The SMILES string of the molecule is Cc1c(C2C=CC=C2)[c-]c2c(c1C)-c1ccccc1C2.[Zr]=[C](c1ccccc1)c1ccccc1. The van der Waals surface area contributed by atoms with Gasteiger partial charge >= 0.3 is 99.2 Å². The Morgan fingerprint density at radius 3 is 1.91 bits per heavy atom. The van der Waals surface area contributed by atoms with E-state index in [9.17, 15) is 0 Å². The Morgan fingerprint density at radius 1 is 0.735 bits per heavy atom. The summed E-state index contributed by atoms with van der Waals surface area (Å²) in [5.74, 6) is 0.405. The molecule has 0 fully saturated rings. The molecule has 0 saturated heterocycles. The van der Waals surface area contributed by atoms with Crippen molar-refractivity contribution in [2.45, 2.75) is 26.2 Å². The van der Waals surface area contributed by atoms with Crippen LogP contribution in [0.1, 0.15) is 44.9 Å². The van der Waals surface area contributed by atoms with E-state index < -0.39 is 0 Å². The van der Waals surface area contributed by atoms with Crippen LogP contribution in [-0.2, 0) is 30.7 Å². The molecule has 1 heteroatoms. The van der Waals surface area contributed by atoms with Gasteiger partial charge in [-0.1, -0.05) is 73.5 Å². The van der Waals surface area contributed by atoms with Gasteiger partial charge in [-0.3, -0.25) is 0 Å². The van der Waals surface area contributed by atoms with Crippen molar-refractivity contribution in [2.75, 3.05) is 0 Å². The van der Waals surface area contributed by atoms with Gasteiger partial charge in [-0.05, 0) is 12.3 Å². The van der Waals surface area contributed by atoms with Crippen molar-refractivity contribution in [3.63, 3.8) is 0 Å². The second kappa shape index (κ2) is 10.2. The number of allylic oxidation sites excluding steroid dienone is 4. The second-order valence-electron chi connectivity index (χ2n) is 8.88. The van der Waals surface area contributed by atoms with E-state index in [4.69, 9.17) is 0 Å². The number of fused-ring (bicyclic) bond motifs is 3. The third-order valence-electron chi connectivity index (χ3n) is 6.79. The summed E-state index contributed by atoms with van der Waals surface area (Å²) in [5.41, 5.74) is 12.5. The predicted molar refractivity (Wildman–Crippen MR) is 140 cm³/mol. The van der Waals surface area contributed by atoms with E-state index in [0.717, 1.165) is 6.42 Å². The first-order valence-corrected chi connectivity index (χ1v) is 13.0. The molecule has 0 amide bonds. The summed E-state index contributed by atoms with van der Waals surface area (Å²) in [6, 6.07) is 33.6. The first-order valence-electron chi connectivity index (χ1n) is 11.8. The zero-order chi connectivity index (χ0) is 23.5. The zero-order valence-electron chi connectivity index (χ0n) is 19.7. The van der Waals surface area contributed by atoms with Crippen molar-refractivity contribution in [1.82, 2.24) is 0 Å². The molecular formula is C33H27Zr-. The van der Waals surface area contributed by atoms with Crippen molar-refractivity contribution < 1.29 is 24.2 Å². The van der Waals surface area contributed by atoms with Gasteiger partial charge in [0.05, 0.1) is 0 Å². The number of hydrogen-bond acceptors (Lipinski definition) is 0. The number of benzene rings is 4. The predicted octanol–water partition coefficient (Wildman–Crippen LogP) is 7.69. The number of rotatable bonds is 3. The minimum absolute atomic E-state index is 0.405. The van der Waals surface area contributed by atoms with Gasteiger partial charge in [0.25, 0.3) is 0 Å². The summed E-state index contributed by atoms with van der Waals surface area (Å²) in [6.07, 6.45) is 9.81. The van der Waals surface area contributed by atoms with Gasteiger partial charge in [0.15, 0.2) is 0 Å². The van der Waals surface area contributed by atoms with Gasteiger partial charge in [-0.25, -0.2) is 0 Å². The third-order valence-corrected chi connectivity index (χ3v) is 8.21. The van der Waals surface area contributed by atoms with Gasteiger partial charge in [0, 0.05) is 0 Å². The molecule has 4 aromatic rings. The Labute approximate surface area is 218 Å². The fourth-order valence-corrected chi connectivity index (χ4v) is 5.69. The molecule has 0 spiro atoms. The Balaban J connectivity index is 0.000000152. The van der Waals surface area contributed by atoms with Crippen LogP contribution in [-0.4, -0.2) is 3.21 Å². The maximum atomic E-state index is 3.72. The van der Waals surface area contributed by atoms with Gasteiger partial charge in [-0.15, -0.1) is 22.3 Å². The summed E-state index contributed by atoms with van der Waals surface area (Å²) < 4.78 is 1.42. The van der Waals surface area contributed by atoms with Crippen LogP contribution >= 0.6 is 0 Å². The molecule has 0 aliphatic heterocycles. The zero-order valence-corrected chi connectivity index (χ0v) is 22.1. The first-order chi connectivity index (χ1) is 16.6. The van der Waals surface area contributed by atoms with Crippen LogP contribution < -0.4 is 0 Å². The molecule has 0 radical (unpaired) electrons. The molecule has 164 valence electrons. The minimum atomic E-state index is 0.405. The van der Waals surface area contributed by atoms with E-state index in [2.05, 4.69) is 129 Å². The molecule has 4 aromatic carbocycles. The Morgan fingerprint density at radius 2 is 1.29 bits per heavy atom. The maximum absolute atomic E-state index is 3.72. The monoisotopic (exact) mass is 513 g/mol. The fraction of sp³-hybridized carbons (Fsp3) is 0.121. The van der Waals surface area contributed by atoms with Crippen LogP contribution in [0.4, 0.5) is 0 Å². The van der Waals surface area contributed by atoms with Crippen LogP contribution in [0.2, 0.25) is 0 Å². The molecule has 0 atom stereocenters. The molecule has 0 unspecified atom stereocenters. The standard InChI is InChI=1S/C20H17.C13H10.Zr/c1-13-14(2)20-17(11-16-9-5-6-10-18(16)20)12-19(13)15-7-3-4-8-15;1-3-7-12(8-4-1)11-13-9-5-2-6-10-13;/h3-10,15H,11H2,1-2H3;1-10H;/q-1;;. The summed E-state index contributed by atoms with van der Waals surface area (Å²) in [4.78, 5) is 0. The normalized spacial score (nSPS) is 13.2. The molecule has 0 saturated carbocycles. The molecule has 34 heavy (non-hydrogen) atoms. The Hall–Kier alpha value is -2.89. The van der Waals surface area contributed by atoms with Crippen molar-refractivity contribution >= 4 is 3.21 Å². The van der Waals surface area contributed by atoms with Gasteiger partial charge in [0.1, 0.15) is 0 Å². The summed E-state index contributed by atoms with van der Waals surface area (Å²) >= 11 is 1.46. The fourth-order valence-electron chi connectivity index (χ4n) is 4.87.